The van der Waals surface area contributed by atoms with Gasteiger partial charge in [0.2, 0.25) is 0 Å². The molecule has 3 heterocycles. The average molecular weight is 530 g/mol. The minimum atomic E-state index is -0.793. The number of aromatic nitrogens is 2. The normalized spacial score (nSPS) is 24.7. The summed E-state index contributed by atoms with van der Waals surface area (Å²) >= 11 is 0. The van der Waals surface area contributed by atoms with Gasteiger partial charge in [0.25, 0.3) is 0 Å². The fraction of sp³-hybridized carbons (Fsp3) is 0.452. The molecule has 8 nitrogen and oxygen atoms in total. The van der Waals surface area contributed by atoms with Crippen LogP contribution in [0.4, 0.5) is 10.6 Å². The first-order chi connectivity index (χ1) is 18.8. The van der Waals surface area contributed by atoms with Crippen molar-refractivity contribution in [2.45, 2.75) is 75.5 Å². The van der Waals surface area contributed by atoms with Crippen molar-refractivity contribution in [2.75, 3.05) is 11.9 Å². The van der Waals surface area contributed by atoms with Gasteiger partial charge in [0.15, 0.2) is 0 Å². The molecule has 0 radical (unpaired) electrons. The molecule has 2 bridgehead atoms. The summed E-state index contributed by atoms with van der Waals surface area (Å²) in [5.74, 6) is 0.443. The van der Waals surface area contributed by atoms with Gasteiger partial charge in [-0.25, -0.2) is 9.48 Å². The number of aliphatic carboxylic acids is 1. The molecule has 4 aliphatic rings. The highest BCUT2D eigenvalue weighted by molar-refractivity contribution is 5.90. The van der Waals surface area contributed by atoms with E-state index in [0.29, 0.717) is 18.3 Å². The van der Waals surface area contributed by atoms with Crippen LogP contribution in [0.15, 0.2) is 60.8 Å². The number of nitrogens with zero attached hydrogens (tertiary/aromatic N) is 2. The summed E-state index contributed by atoms with van der Waals surface area (Å²) in [5.41, 5.74) is 3.39. The monoisotopic (exact) mass is 529 g/mol. The van der Waals surface area contributed by atoms with Crippen molar-refractivity contribution in [3.05, 3.63) is 71.9 Å². The lowest BCUT2D eigenvalue weighted by molar-refractivity contribution is -0.174. The van der Waals surface area contributed by atoms with E-state index >= 15 is 0 Å². The van der Waals surface area contributed by atoms with E-state index in [0.717, 1.165) is 48.9 Å². The van der Waals surface area contributed by atoms with E-state index in [2.05, 4.69) is 34.7 Å². The van der Waals surface area contributed by atoms with Crippen LogP contribution in [-0.4, -0.2) is 39.2 Å². The third-order valence-electron chi connectivity index (χ3n) is 8.80. The van der Waals surface area contributed by atoms with Crippen molar-refractivity contribution in [3.63, 3.8) is 0 Å². The second-order valence-corrected chi connectivity index (χ2v) is 11.5. The second-order valence-electron chi connectivity index (χ2n) is 11.5. The van der Waals surface area contributed by atoms with Gasteiger partial charge in [0.1, 0.15) is 11.9 Å². The molecule has 8 heteroatoms. The molecule has 2 N–H and O–H groups in total. The van der Waals surface area contributed by atoms with Gasteiger partial charge < -0.3 is 14.6 Å². The average Bonchev–Trinajstić information content (AvgIpc) is 3.69. The van der Waals surface area contributed by atoms with Crippen molar-refractivity contribution in [1.82, 2.24) is 9.78 Å². The van der Waals surface area contributed by atoms with Crippen LogP contribution in [0.5, 0.6) is 0 Å². The van der Waals surface area contributed by atoms with Crippen LogP contribution in [0, 0.1) is 5.92 Å². The Balaban J connectivity index is 1.20. The van der Waals surface area contributed by atoms with Gasteiger partial charge in [-0.1, -0.05) is 54.6 Å². The predicted octanol–water partition coefficient (Wildman–Crippen LogP) is 6.33. The summed E-state index contributed by atoms with van der Waals surface area (Å²) < 4.78 is 13.7. The molecule has 2 saturated carbocycles. The highest BCUT2D eigenvalue weighted by atomic mass is 16.6. The van der Waals surface area contributed by atoms with Gasteiger partial charge in [-0.05, 0) is 68.1 Å². The van der Waals surface area contributed by atoms with Gasteiger partial charge in [-0.15, -0.1) is 0 Å². The number of benzene rings is 2. The molecule has 3 aromatic rings. The Kier molecular flexibility index (Phi) is 6.67. The summed E-state index contributed by atoms with van der Waals surface area (Å²) in [4.78, 5) is 24.3. The lowest BCUT2D eigenvalue weighted by Gasteiger charge is -2.53. The Morgan fingerprint density at radius 3 is 2.44 bits per heavy atom. The number of carbonyl (C=O) groups is 2. The standard InChI is InChI=1S/C31H35N3O5/c1-21(23-5-3-2-4-6-23)39-29(37)33-28-26(18-32-34(28)19-22-7-8-22)24-9-11-25(12-10-24)30-13-15-31(16-14-30,38-20-30)17-27(35)36/h2-6,9-12,18,21-22H,7-8,13-17,19-20H2,1H3,(H,33,37)(H,35,36)/t21-,30?,31?/m1/s1. The summed E-state index contributed by atoms with van der Waals surface area (Å²) in [6.07, 6.45) is 6.76. The fourth-order valence-corrected chi connectivity index (χ4v) is 6.13. The van der Waals surface area contributed by atoms with Crippen LogP contribution >= 0.6 is 0 Å². The minimum absolute atomic E-state index is 0.0760. The SMILES string of the molecule is C[C@@H](OC(=O)Nc1c(-c2ccc(C34CCC(CC(=O)O)(CC3)OC4)cc2)cnn1CC1CC1)c1ccccc1. The van der Waals surface area contributed by atoms with Crippen LogP contribution in [0.2, 0.25) is 0 Å². The Labute approximate surface area is 228 Å². The minimum Gasteiger partial charge on any atom is -0.481 e. The molecule has 0 spiro atoms. The molecule has 4 fully saturated rings. The van der Waals surface area contributed by atoms with E-state index in [1.807, 2.05) is 48.1 Å². The molecular weight excluding hydrogens is 494 g/mol. The maximum absolute atomic E-state index is 12.9. The molecule has 2 aromatic carbocycles. The smallest absolute Gasteiger partial charge is 0.413 e. The molecule has 2 aliphatic heterocycles. The third-order valence-corrected chi connectivity index (χ3v) is 8.80. The van der Waals surface area contributed by atoms with Gasteiger partial charge in [0.05, 0.1) is 24.8 Å². The van der Waals surface area contributed by atoms with Crippen LogP contribution in [0.3, 0.4) is 0 Å². The molecule has 0 unspecified atom stereocenters. The fourth-order valence-electron chi connectivity index (χ4n) is 6.13. The first kappa shape index (κ1) is 25.6. The number of hydrogen-bond acceptors (Lipinski definition) is 5. The number of hydrogen-bond donors (Lipinski definition) is 2. The number of nitrogens with one attached hydrogen (secondary N) is 1. The van der Waals surface area contributed by atoms with Crippen LogP contribution in [0.1, 0.15) is 69.1 Å². The van der Waals surface area contributed by atoms with Gasteiger partial charge >= 0.3 is 12.1 Å². The zero-order valence-electron chi connectivity index (χ0n) is 22.3. The quantitative estimate of drug-likeness (QED) is 0.336. The van der Waals surface area contributed by atoms with Crippen LogP contribution in [0.25, 0.3) is 11.1 Å². The number of rotatable bonds is 9. The summed E-state index contributed by atoms with van der Waals surface area (Å²) in [5, 5.41) is 16.9. The Morgan fingerprint density at radius 2 is 1.82 bits per heavy atom. The van der Waals surface area contributed by atoms with E-state index in [9.17, 15) is 14.7 Å². The topological polar surface area (TPSA) is 103 Å². The van der Waals surface area contributed by atoms with Crippen molar-refractivity contribution < 1.29 is 24.2 Å². The van der Waals surface area contributed by atoms with Crippen molar-refractivity contribution in [2.24, 2.45) is 5.92 Å². The maximum Gasteiger partial charge on any atom is 0.413 e. The highest BCUT2D eigenvalue weighted by Gasteiger charge is 2.51. The zero-order chi connectivity index (χ0) is 27.0. The highest BCUT2D eigenvalue weighted by Crippen LogP contribution is 2.51. The molecule has 7 rings (SSSR count). The number of carbonyl (C=O) groups excluding carboxylic acids is 1. The molecule has 1 amide bonds. The first-order valence-corrected chi connectivity index (χ1v) is 13.9. The van der Waals surface area contributed by atoms with E-state index in [1.54, 1.807) is 0 Å². The molecule has 1 atom stereocenters. The maximum atomic E-state index is 12.9. The lowest BCUT2D eigenvalue weighted by Crippen LogP contribution is -2.54. The number of carboxylic acids is 1. The largest absolute Gasteiger partial charge is 0.481 e. The Morgan fingerprint density at radius 1 is 1.10 bits per heavy atom. The van der Waals surface area contributed by atoms with E-state index < -0.39 is 17.7 Å². The lowest BCUT2D eigenvalue weighted by atomic mass is 9.62. The first-order valence-electron chi connectivity index (χ1n) is 13.9. The zero-order valence-corrected chi connectivity index (χ0v) is 22.3. The third kappa shape index (κ3) is 5.30. The molecule has 2 aliphatic carbocycles. The van der Waals surface area contributed by atoms with Gasteiger partial charge in [0, 0.05) is 17.5 Å². The van der Waals surface area contributed by atoms with Crippen molar-refractivity contribution in [3.8, 4) is 11.1 Å². The summed E-state index contributed by atoms with van der Waals surface area (Å²) in [6, 6.07) is 18.1. The summed E-state index contributed by atoms with van der Waals surface area (Å²) in [7, 11) is 0. The molecule has 2 saturated heterocycles. The second kappa shape index (κ2) is 10.2. The number of ether oxygens (including phenoxy) is 2. The number of amides is 1. The van der Waals surface area contributed by atoms with Gasteiger partial charge in [-0.2, -0.15) is 5.10 Å². The van der Waals surface area contributed by atoms with Crippen molar-refractivity contribution in [1.29, 1.82) is 0 Å². The van der Waals surface area contributed by atoms with Crippen LogP contribution in [-0.2, 0) is 26.2 Å². The van der Waals surface area contributed by atoms with Crippen LogP contribution < -0.4 is 5.32 Å². The molecular formula is C31H35N3O5. The van der Waals surface area contributed by atoms with Crippen molar-refractivity contribution >= 4 is 17.9 Å². The Bertz CT molecular complexity index is 1320. The molecule has 1 aromatic heterocycles. The number of anilines is 1. The van der Waals surface area contributed by atoms with E-state index in [4.69, 9.17) is 9.47 Å². The number of carboxylic acid groups (broad SMARTS) is 1. The number of fused-ring (bicyclic) bond motifs is 3. The predicted molar refractivity (Wildman–Crippen MR) is 146 cm³/mol. The summed E-state index contributed by atoms with van der Waals surface area (Å²) in [6.45, 7) is 3.18. The van der Waals surface area contributed by atoms with E-state index in [1.165, 1.54) is 18.4 Å². The van der Waals surface area contributed by atoms with E-state index in [-0.39, 0.29) is 17.9 Å². The van der Waals surface area contributed by atoms with Gasteiger partial charge in [-0.3, -0.25) is 10.1 Å². The Hall–Kier alpha value is -3.65. The molecule has 39 heavy (non-hydrogen) atoms. The molecule has 204 valence electrons.